The number of nitrogens with zero attached hydrogens (tertiary/aromatic N) is 3. The molecule has 2 aromatic heterocycles. The largest absolute Gasteiger partial charge is 0.360 e. The Morgan fingerprint density at radius 2 is 2.05 bits per heavy atom. The van der Waals surface area contributed by atoms with E-state index in [0.717, 1.165) is 18.7 Å². The van der Waals surface area contributed by atoms with Gasteiger partial charge in [-0.2, -0.15) is 0 Å². The van der Waals surface area contributed by atoms with E-state index < -0.39 is 0 Å². The van der Waals surface area contributed by atoms with Crippen molar-refractivity contribution >= 4 is 17.7 Å². The van der Waals surface area contributed by atoms with Crippen LogP contribution in [0.3, 0.4) is 0 Å². The molecular formula is C15H21N5O2. The lowest BCUT2D eigenvalue weighted by Gasteiger charge is -2.09. The van der Waals surface area contributed by atoms with Crippen LogP contribution in [-0.2, 0) is 0 Å². The molecule has 2 N–H and O–H groups in total. The molecule has 0 radical (unpaired) electrons. The zero-order valence-electron chi connectivity index (χ0n) is 13.3. The molecule has 0 bridgehead atoms. The van der Waals surface area contributed by atoms with E-state index in [0.29, 0.717) is 29.1 Å². The maximum absolute atomic E-state index is 12.2. The van der Waals surface area contributed by atoms with E-state index in [1.807, 2.05) is 6.92 Å². The van der Waals surface area contributed by atoms with Crippen molar-refractivity contribution in [3.63, 3.8) is 0 Å². The molecule has 7 nitrogen and oxygen atoms in total. The molecule has 0 aromatic carbocycles. The first-order chi connectivity index (χ1) is 10.4. The Morgan fingerprint density at radius 3 is 2.68 bits per heavy atom. The third-order valence-electron chi connectivity index (χ3n) is 2.96. The second kappa shape index (κ2) is 7.02. The quantitative estimate of drug-likeness (QED) is 0.852. The third-order valence-corrected chi connectivity index (χ3v) is 2.96. The number of amides is 1. The van der Waals surface area contributed by atoms with E-state index in [1.165, 1.54) is 0 Å². The van der Waals surface area contributed by atoms with Crippen molar-refractivity contribution in [1.29, 1.82) is 0 Å². The van der Waals surface area contributed by atoms with Crippen LogP contribution in [0.1, 0.15) is 42.2 Å². The fourth-order valence-corrected chi connectivity index (χ4v) is 1.84. The maximum atomic E-state index is 12.2. The minimum Gasteiger partial charge on any atom is -0.360 e. The number of hydrogen-bond donors (Lipinski definition) is 2. The minimum atomic E-state index is -0.342. The number of nitrogens with one attached hydrogen (secondary N) is 2. The average molecular weight is 303 g/mol. The molecule has 0 aliphatic heterocycles. The Kier molecular flexibility index (Phi) is 5.08. The molecule has 118 valence electrons. The lowest BCUT2D eigenvalue weighted by molar-refractivity contribution is 0.102. The van der Waals surface area contributed by atoms with Gasteiger partial charge in [0, 0.05) is 18.3 Å². The van der Waals surface area contributed by atoms with Crippen LogP contribution in [-0.4, -0.2) is 27.6 Å². The van der Waals surface area contributed by atoms with Gasteiger partial charge in [0.25, 0.3) is 5.91 Å². The van der Waals surface area contributed by atoms with Gasteiger partial charge in [-0.3, -0.25) is 4.79 Å². The number of rotatable bonds is 6. The smallest absolute Gasteiger partial charge is 0.275 e. The molecular weight excluding hydrogens is 282 g/mol. The molecule has 0 saturated carbocycles. The molecule has 22 heavy (non-hydrogen) atoms. The number of carbonyl (C=O) groups is 1. The molecule has 0 saturated heterocycles. The number of hydrogen-bond acceptors (Lipinski definition) is 6. The number of carbonyl (C=O) groups excluding carboxylic acids is 1. The Balaban J connectivity index is 2.06. The summed E-state index contributed by atoms with van der Waals surface area (Å²) in [6.45, 7) is 8.65. The van der Waals surface area contributed by atoms with Gasteiger partial charge in [0.15, 0.2) is 5.82 Å². The minimum absolute atomic E-state index is 0.292. The van der Waals surface area contributed by atoms with E-state index in [1.54, 1.807) is 19.1 Å². The van der Waals surface area contributed by atoms with E-state index >= 15 is 0 Å². The van der Waals surface area contributed by atoms with Crippen molar-refractivity contribution in [2.75, 3.05) is 17.2 Å². The van der Waals surface area contributed by atoms with Gasteiger partial charge in [-0.15, -0.1) is 0 Å². The summed E-state index contributed by atoms with van der Waals surface area (Å²) in [5, 5.41) is 9.52. The fraction of sp³-hybridized carbons (Fsp3) is 0.467. The molecule has 7 heteroatoms. The summed E-state index contributed by atoms with van der Waals surface area (Å²) in [5.41, 5.74) is 1.02. The first kappa shape index (κ1) is 15.9. The van der Waals surface area contributed by atoms with Crippen molar-refractivity contribution in [1.82, 2.24) is 15.1 Å². The monoisotopic (exact) mass is 303 g/mol. The lowest BCUT2D eigenvalue weighted by atomic mass is 10.1. The zero-order chi connectivity index (χ0) is 16.1. The molecule has 0 spiro atoms. The van der Waals surface area contributed by atoms with E-state index in [9.17, 15) is 4.79 Å². The lowest BCUT2D eigenvalue weighted by Crippen LogP contribution is -2.17. The molecule has 2 aromatic rings. The number of aromatic nitrogens is 3. The molecule has 0 fully saturated rings. The van der Waals surface area contributed by atoms with Crippen LogP contribution in [0, 0.1) is 19.8 Å². The van der Waals surface area contributed by atoms with Gasteiger partial charge in [-0.25, -0.2) is 9.97 Å². The van der Waals surface area contributed by atoms with Gasteiger partial charge in [0.05, 0.1) is 0 Å². The normalized spacial score (nSPS) is 10.8. The van der Waals surface area contributed by atoms with Crippen molar-refractivity contribution in [3.8, 4) is 0 Å². The number of aryl methyl sites for hydroxylation is 2. The summed E-state index contributed by atoms with van der Waals surface area (Å²) in [6, 6.07) is 3.28. The summed E-state index contributed by atoms with van der Waals surface area (Å²) in [6.07, 6.45) is 1.01. The summed E-state index contributed by atoms with van der Waals surface area (Å²) >= 11 is 0. The summed E-state index contributed by atoms with van der Waals surface area (Å²) < 4.78 is 4.91. The second-order valence-corrected chi connectivity index (χ2v) is 5.60. The van der Waals surface area contributed by atoms with Crippen LogP contribution >= 0.6 is 0 Å². The van der Waals surface area contributed by atoms with Crippen LogP contribution in [0.4, 0.5) is 11.8 Å². The van der Waals surface area contributed by atoms with E-state index in [2.05, 4.69) is 39.6 Å². The number of anilines is 2. The Labute approximate surface area is 129 Å². The van der Waals surface area contributed by atoms with Crippen LogP contribution in [0.2, 0.25) is 0 Å². The van der Waals surface area contributed by atoms with E-state index in [4.69, 9.17) is 4.52 Å². The molecule has 2 heterocycles. The fourth-order valence-electron chi connectivity index (χ4n) is 1.84. The van der Waals surface area contributed by atoms with Crippen LogP contribution in [0.15, 0.2) is 16.7 Å². The predicted molar refractivity (Wildman–Crippen MR) is 83.9 cm³/mol. The Morgan fingerprint density at radius 1 is 1.27 bits per heavy atom. The van der Waals surface area contributed by atoms with Crippen molar-refractivity contribution in [2.24, 2.45) is 5.92 Å². The molecule has 0 aliphatic rings. The van der Waals surface area contributed by atoms with Crippen LogP contribution < -0.4 is 10.6 Å². The van der Waals surface area contributed by atoms with Crippen molar-refractivity contribution in [3.05, 3.63) is 29.3 Å². The highest BCUT2D eigenvalue weighted by molar-refractivity contribution is 6.02. The van der Waals surface area contributed by atoms with E-state index in [-0.39, 0.29) is 5.91 Å². The third kappa shape index (κ3) is 4.54. The molecule has 0 aliphatic carbocycles. The SMILES string of the molecule is Cc1cc(C(=O)Nc2cc(C)on2)nc(NCCC(C)C)n1. The topological polar surface area (TPSA) is 92.9 Å². The summed E-state index contributed by atoms with van der Waals surface area (Å²) in [5.74, 6) is 1.71. The Hall–Kier alpha value is -2.44. The molecule has 2 rings (SSSR count). The first-order valence-electron chi connectivity index (χ1n) is 7.28. The highest BCUT2D eigenvalue weighted by atomic mass is 16.5. The predicted octanol–water partition coefficient (Wildman–Crippen LogP) is 2.79. The molecule has 0 unspecified atom stereocenters. The average Bonchev–Trinajstić information content (AvgIpc) is 2.83. The van der Waals surface area contributed by atoms with Crippen molar-refractivity contribution < 1.29 is 9.32 Å². The van der Waals surface area contributed by atoms with Gasteiger partial charge < -0.3 is 15.2 Å². The van der Waals surface area contributed by atoms with Gasteiger partial charge in [0.1, 0.15) is 11.5 Å². The van der Waals surface area contributed by atoms with Gasteiger partial charge >= 0.3 is 0 Å². The molecule has 1 amide bonds. The highest BCUT2D eigenvalue weighted by Gasteiger charge is 2.12. The summed E-state index contributed by atoms with van der Waals surface area (Å²) in [7, 11) is 0. The zero-order valence-corrected chi connectivity index (χ0v) is 13.3. The first-order valence-corrected chi connectivity index (χ1v) is 7.28. The molecule has 0 atom stereocenters. The highest BCUT2D eigenvalue weighted by Crippen LogP contribution is 2.11. The van der Waals surface area contributed by atoms with Crippen LogP contribution in [0.5, 0.6) is 0 Å². The summed E-state index contributed by atoms with van der Waals surface area (Å²) in [4.78, 5) is 20.7. The van der Waals surface area contributed by atoms with Gasteiger partial charge in [0.2, 0.25) is 5.95 Å². The Bertz CT molecular complexity index is 651. The maximum Gasteiger partial charge on any atom is 0.275 e. The van der Waals surface area contributed by atoms with Gasteiger partial charge in [-0.1, -0.05) is 19.0 Å². The van der Waals surface area contributed by atoms with Crippen molar-refractivity contribution in [2.45, 2.75) is 34.1 Å². The second-order valence-electron chi connectivity index (χ2n) is 5.60. The van der Waals surface area contributed by atoms with Crippen LogP contribution in [0.25, 0.3) is 0 Å². The standard InChI is InChI=1S/C15H21N5O2/c1-9(2)5-6-16-15-17-10(3)7-12(18-15)14(21)19-13-8-11(4)22-20-13/h7-9H,5-6H2,1-4H3,(H,16,17,18)(H,19,20,21). The van der Waals surface area contributed by atoms with Gasteiger partial charge in [-0.05, 0) is 32.3 Å².